The van der Waals surface area contributed by atoms with Gasteiger partial charge in [-0.15, -0.1) is 0 Å². The van der Waals surface area contributed by atoms with Gasteiger partial charge < -0.3 is 10.1 Å². The van der Waals surface area contributed by atoms with Gasteiger partial charge in [-0.1, -0.05) is 32.9 Å². The molecule has 1 rings (SSSR count). The van der Waals surface area contributed by atoms with Crippen LogP contribution < -0.4 is 5.32 Å². The van der Waals surface area contributed by atoms with Crippen molar-refractivity contribution in [1.82, 2.24) is 0 Å². The molecule has 1 unspecified atom stereocenters. The first-order valence-electron chi connectivity index (χ1n) is 6.38. The average molecular weight is 235 g/mol. The van der Waals surface area contributed by atoms with Crippen LogP contribution in [0.5, 0.6) is 0 Å². The summed E-state index contributed by atoms with van der Waals surface area (Å²) < 4.78 is 5.38. The molecule has 0 aliphatic rings. The molecule has 0 aliphatic heterocycles. The van der Waals surface area contributed by atoms with E-state index in [1.807, 2.05) is 6.92 Å². The fourth-order valence-corrected chi connectivity index (χ4v) is 1.69. The number of anilines is 1. The lowest BCUT2D eigenvalue weighted by Crippen LogP contribution is -2.21. The van der Waals surface area contributed by atoms with Gasteiger partial charge in [0.2, 0.25) is 0 Å². The van der Waals surface area contributed by atoms with Gasteiger partial charge in [0.05, 0.1) is 6.61 Å². The topological polar surface area (TPSA) is 21.3 Å². The average Bonchev–Trinajstić information content (AvgIpc) is 2.26. The molecule has 1 aromatic rings. The highest BCUT2D eigenvalue weighted by atomic mass is 16.5. The van der Waals surface area contributed by atoms with Crippen molar-refractivity contribution in [3.63, 3.8) is 0 Å². The Morgan fingerprint density at radius 2 is 1.76 bits per heavy atom. The van der Waals surface area contributed by atoms with E-state index in [-0.39, 0.29) is 5.41 Å². The summed E-state index contributed by atoms with van der Waals surface area (Å²) >= 11 is 0. The normalized spacial score (nSPS) is 13.5. The second-order valence-electron chi connectivity index (χ2n) is 5.53. The van der Waals surface area contributed by atoms with E-state index in [1.165, 1.54) is 5.56 Å². The second kappa shape index (κ2) is 6.06. The summed E-state index contributed by atoms with van der Waals surface area (Å²) in [6.07, 6.45) is 0. The lowest BCUT2D eigenvalue weighted by atomic mass is 9.87. The lowest BCUT2D eigenvalue weighted by Gasteiger charge is -2.20. The number of rotatable bonds is 5. The largest absolute Gasteiger partial charge is 0.380 e. The van der Waals surface area contributed by atoms with E-state index in [2.05, 4.69) is 57.3 Å². The van der Waals surface area contributed by atoms with Crippen LogP contribution in [0.25, 0.3) is 0 Å². The molecular formula is C15H25NO. The van der Waals surface area contributed by atoms with Gasteiger partial charge in [-0.3, -0.25) is 0 Å². The van der Waals surface area contributed by atoms with E-state index >= 15 is 0 Å². The molecule has 0 heterocycles. The molecule has 0 bridgehead atoms. The van der Waals surface area contributed by atoms with Crippen LogP contribution in [0.2, 0.25) is 0 Å². The Morgan fingerprint density at radius 1 is 1.18 bits per heavy atom. The highest BCUT2D eigenvalue weighted by Gasteiger charge is 2.12. The summed E-state index contributed by atoms with van der Waals surface area (Å²) in [5.74, 6) is 0. The van der Waals surface area contributed by atoms with E-state index in [0.29, 0.717) is 6.04 Å². The maximum absolute atomic E-state index is 5.38. The molecule has 2 heteroatoms. The summed E-state index contributed by atoms with van der Waals surface area (Å²) in [6.45, 7) is 12.4. The van der Waals surface area contributed by atoms with Crippen molar-refractivity contribution >= 4 is 5.69 Å². The lowest BCUT2D eigenvalue weighted by molar-refractivity contribution is 0.141. The van der Waals surface area contributed by atoms with Gasteiger partial charge in [-0.2, -0.15) is 0 Å². The van der Waals surface area contributed by atoms with Gasteiger partial charge in [0.15, 0.2) is 0 Å². The van der Waals surface area contributed by atoms with E-state index < -0.39 is 0 Å². The zero-order valence-electron chi connectivity index (χ0n) is 11.7. The summed E-state index contributed by atoms with van der Waals surface area (Å²) in [5, 5.41) is 3.43. The number of benzene rings is 1. The molecule has 0 fully saturated rings. The fraction of sp³-hybridized carbons (Fsp3) is 0.600. The molecule has 0 saturated heterocycles. The molecule has 0 amide bonds. The minimum atomic E-state index is 0.218. The van der Waals surface area contributed by atoms with Crippen molar-refractivity contribution < 1.29 is 4.74 Å². The predicted molar refractivity (Wildman–Crippen MR) is 74.7 cm³/mol. The summed E-state index contributed by atoms with van der Waals surface area (Å²) in [7, 11) is 0. The minimum Gasteiger partial charge on any atom is -0.380 e. The van der Waals surface area contributed by atoms with Crippen LogP contribution in [0.15, 0.2) is 24.3 Å². The zero-order chi connectivity index (χ0) is 12.9. The Hall–Kier alpha value is -1.02. The van der Waals surface area contributed by atoms with Gasteiger partial charge in [-0.25, -0.2) is 0 Å². The first kappa shape index (κ1) is 14.0. The first-order valence-corrected chi connectivity index (χ1v) is 6.38. The first-order chi connectivity index (χ1) is 7.93. The standard InChI is InChI=1S/C15H25NO/c1-6-17-11-12(2)16-14-9-7-13(8-10-14)15(3,4)5/h7-10,12,16H,6,11H2,1-5H3. The van der Waals surface area contributed by atoms with Crippen molar-refractivity contribution in [3.05, 3.63) is 29.8 Å². The van der Waals surface area contributed by atoms with Gasteiger partial charge in [0.25, 0.3) is 0 Å². The Bertz CT molecular complexity index is 324. The van der Waals surface area contributed by atoms with Crippen molar-refractivity contribution in [2.24, 2.45) is 0 Å². The Balaban J connectivity index is 2.56. The monoisotopic (exact) mass is 235 g/mol. The van der Waals surface area contributed by atoms with Crippen LogP contribution in [0.3, 0.4) is 0 Å². The van der Waals surface area contributed by atoms with Crippen LogP contribution in [0.4, 0.5) is 5.69 Å². The third-order valence-corrected chi connectivity index (χ3v) is 2.74. The molecule has 1 N–H and O–H groups in total. The number of ether oxygens (including phenoxy) is 1. The molecule has 0 radical (unpaired) electrons. The van der Waals surface area contributed by atoms with Crippen LogP contribution >= 0.6 is 0 Å². The molecular weight excluding hydrogens is 210 g/mol. The van der Waals surface area contributed by atoms with Gasteiger partial charge in [0, 0.05) is 18.3 Å². The maximum atomic E-state index is 5.38. The number of nitrogens with one attached hydrogen (secondary N) is 1. The second-order valence-corrected chi connectivity index (χ2v) is 5.53. The summed E-state index contributed by atoms with van der Waals surface area (Å²) in [6, 6.07) is 9.01. The van der Waals surface area contributed by atoms with Gasteiger partial charge in [-0.05, 0) is 37.0 Å². The van der Waals surface area contributed by atoms with Crippen LogP contribution in [-0.4, -0.2) is 19.3 Å². The van der Waals surface area contributed by atoms with Gasteiger partial charge in [0.1, 0.15) is 0 Å². The van der Waals surface area contributed by atoms with E-state index in [4.69, 9.17) is 4.74 Å². The van der Waals surface area contributed by atoms with Crippen molar-refractivity contribution in [1.29, 1.82) is 0 Å². The zero-order valence-corrected chi connectivity index (χ0v) is 11.7. The molecule has 17 heavy (non-hydrogen) atoms. The van der Waals surface area contributed by atoms with Crippen molar-refractivity contribution in [2.75, 3.05) is 18.5 Å². The van der Waals surface area contributed by atoms with Gasteiger partial charge >= 0.3 is 0 Å². The maximum Gasteiger partial charge on any atom is 0.0664 e. The summed E-state index contributed by atoms with van der Waals surface area (Å²) in [5.41, 5.74) is 2.74. The molecule has 0 saturated carbocycles. The molecule has 1 aromatic carbocycles. The van der Waals surface area contributed by atoms with Crippen LogP contribution in [-0.2, 0) is 10.2 Å². The number of hydrogen-bond acceptors (Lipinski definition) is 2. The highest BCUT2D eigenvalue weighted by Crippen LogP contribution is 2.23. The van der Waals surface area contributed by atoms with Crippen molar-refractivity contribution in [3.8, 4) is 0 Å². The summed E-state index contributed by atoms with van der Waals surface area (Å²) in [4.78, 5) is 0. The SMILES string of the molecule is CCOCC(C)Nc1ccc(C(C)(C)C)cc1. The fourth-order valence-electron chi connectivity index (χ4n) is 1.69. The third kappa shape index (κ3) is 4.78. The van der Waals surface area contributed by atoms with Crippen LogP contribution in [0.1, 0.15) is 40.2 Å². The molecule has 1 atom stereocenters. The Morgan fingerprint density at radius 3 is 2.24 bits per heavy atom. The minimum absolute atomic E-state index is 0.218. The van der Waals surface area contributed by atoms with E-state index in [0.717, 1.165) is 18.9 Å². The Labute approximate surface area is 105 Å². The molecule has 96 valence electrons. The smallest absolute Gasteiger partial charge is 0.0664 e. The van der Waals surface area contributed by atoms with E-state index in [1.54, 1.807) is 0 Å². The molecule has 0 spiro atoms. The van der Waals surface area contributed by atoms with E-state index in [9.17, 15) is 0 Å². The highest BCUT2D eigenvalue weighted by molar-refractivity contribution is 5.46. The molecule has 0 aliphatic carbocycles. The quantitative estimate of drug-likeness (QED) is 0.837. The van der Waals surface area contributed by atoms with Crippen LogP contribution in [0, 0.1) is 0 Å². The predicted octanol–water partition coefficient (Wildman–Crippen LogP) is 3.82. The molecule has 0 aromatic heterocycles. The Kier molecular flexibility index (Phi) is 5.01. The number of hydrogen-bond donors (Lipinski definition) is 1. The van der Waals surface area contributed by atoms with Crippen molar-refractivity contribution in [2.45, 2.75) is 46.1 Å². The molecule has 2 nitrogen and oxygen atoms in total. The third-order valence-electron chi connectivity index (χ3n) is 2.74.